The molecule has 0 bridgehead atoms. The smallest absolute Gasteiger partial charge is 0.238 e. The van der Waals surface area contributed by atoms with Crippen LogP contribution in [0, 0.1) is 0 Å². The quantitative estimate of drug-likeness (QED) is 0.836. The van der Waals surface area contributed by atoms with Crippen LogP contribution in [0.2, 0.25) is 0 Å². The summed E-state index contributed by atoms with van der Waals surface area (Å²) in [6.45, 7) is -0.0161. The van der Waals surface area contributed by atoms with E-state index in [-0.39, 0.29) is 18.6 Å². The second-order valence-corrected chi connectivity index (χ2v) is 4.27. The predicted octanol–water partition coefficient (Wildman–Crippen LogP) is 1.91. The maximum Gasteiger partial charge on any atom is 0.238 e. The van der Waals surface area contributed by atoms with E-state index in [0.29, 0.717) is 5.69 Å². The number of ether oxygens (including phenoxy) is 1. The first-order valence-electron chi connectivity index (χ1n) is 6.05. The van der Waals surface area contributed by atoms with Gasteiger partial charge in [-0.2, -0.15) is 0 Å². The Bertz CT molecular complexity index is 387. The van der Waals surface area contributed by atoms with E-state index < -0.39 is 0 Å². The minimum Gasteiger partial charge on any atom is -0.488 e. The predicted molar refractivity (Wildman–Crippen MR) is 67.0 cm³/mol. The van der Waals surface area contributed by atoms with Gasteiger partial charge in [0, 0.05) is 0 Å². The highest BCUT2D eigenvalue weighted by Crippen LogP contribution is 2.29. The normalized spacial score (nSPS) is 15.8. The molecule has 0 spiro atoms. The molecule has 3 N–H and O–H groups in total. The van der Waals surface area contributed by atoms with Crippen LogP contribution in [0.5, 0.6) is 5.75 Å². The lowest BCUT2D eigenvalue weighted by Gasteiger charge is -2.16. The average molecular weight is 234 g/mol. The van der Waals surface area contributed by atoms with Crippen LogP contribution in [-0.4, -0.2) is 18.6 Å². The number of nitrogens with two attached hydrogens (primary N) is 1. The molecule has 92 valence electrons. The molecule has 1 fully saturated rings. The van der Waals surface area contributed by atoms with E-state index in [4.69, 9.17) is 10.5 Å². The number of carbonyl (C=O) groups excluding carboxylic acids is 1. The number of anilines is 1. The van der Waals surface area contributed by atoms with Crippen molar-refractivity contribution >= 4 is 11.6 Å². The van der Waals surface area contributed by atoms with Crippen LogP contribution >= 0.6 is 0 Å². The van der Waals surface area contributed by atoms with Gasteiger partial charge >= 0.3 is 0 Å². The molecule has 1 aliphatic rings. The fourth-order valence-corrected chi connectivity index (χ4v) is 2.06. The van der Waals surface area contributed by atoms with Crippen molar-refractivity contribution in [1.29, 1.82) is 0 Å². The Morgan fingerprint density at radius 2 is 2.06 bits per heavy atom. The maximum atomic E-state index is 11.3. The summed E-state index contributed by atoms with van der Waals surface area (Å²) in [4.78, 5) is 11.3. The highest BCUT2D eigenvalue weighted by Gasteiger charge is 2.18. The third-order valence-electron chi connectivity index (χ3n) is 2.94. The van der Waals surface area contributed by atoms with Crippen molar-refractivity contribution in [3.63, 3.8) is 0 Å². The molecule has 0 atom stereocenters. The first-order valence-corrected chi connectivity index (χ1v) is 6.05. The molecule has 1 saturated carbocycles. The number of hydrogen-bond donors (Lipinski definition) is 2. The number of amides is 1. The van der Waals surface area contributed by atoms with Gasteiger partial charge in [0.05, 0.1) is 18.3 Å². The summed E-state index contributed by atoms with van der Waals surface area (Å²) in [6, 6.07) is 7.48. The summed E-state index contributed by atoms with van der Waals surface area (Å²) < 4.78 is 5.90. The SMILES string of the molecule is NCC(=O)Nc1ccccc1OC1CCCC1. The third kappa shape index (κ3) is 3.20. The zero-order chi connectivity index (χ0) is 12.1. The summed E-state index contributed by atoms with van der Waals surface area (Å²) >= 11 is 0. The van der Waals surface area contributed by atoms with E-state index in [1.165, 1.54) is 12.8 Å². The molecule has 0 saturated heterocycles. The number of benzene rings is 1. The van der Waals surface area contributed by atoms with E-state index in [0.717, 1.165) is 18.6 Å². The highest BCUT2D eigenvalue weighted by atomic mass is 16.5. The number of carbonyl (C=O) groups is 1. The molecule has 4 nitrogen and oxygen atoms in total. The van der Waals surface area contributed by atoms with E-state index in [9.17, 15) is 4.79 Å². The van der Waals surface area contributed by atoms with Gasteiger partial charge in [-0.1, -0.05) is 12.1 Å². The Balaban J connectivity index is 2.06. The summed E-state index contributed by atoms with van der Waals surface area (Å²) in [5.41, 5.74) is 5.98. The molecule has 2 rings (SSSR count). The largest absolute Gasteiger partial charge is 0.488 e. The van der Waals surface area contributed by atoms with Gasteiger partial charge in [0.2, 0.25) is 5.91 Å². The van der Waals surface area contributed by atoms with Crippen molar-refractivity contribution in [3.8, 4) is 5.75 Å². The van der Waals surface area contributed by atoms with Gasteiger partial charge in [-0.25, -0.2) is 0 Å². The molecule has 0 aromatic heterocycles. The van der Waals surface area contributed by atoms with Crippen LogP contribution in [-0.2, 0) is 4.79 Å². The van der Waals surface area contributed by atoms with Crippen molar-refractivity contribution in [3.05, 3.63) is 24.3 Å². The average Bonchev–Trinajstić information content (AvgIpc) is 2.84. The Morgan fingerprint density at radius 3 is 2.76 bits per heavy atom. The van der Waals surface area contributed by atoms with Crippen molar-refractivity contribution in [2.75, 3.05) is 11.9 Å². The second kappa shape index (κ2) is 5.68. The van der Waals surface area contributed by atoms with Crippen LogP contribution < -0.4 is 15.8 Å². The molecule has 0 radical (unpaired) electrons. The van der Waals surface area contributed by atoms with Gasteiger partial charge in [-0.3, -0.25) is 4.79 Å². The second-order valence-electron chi connectivity index (χ2n) is 4.27. The Morgan fingerprint density at radius 1 is 1.35 bits per heavy atom. The van der Waals surface area contributed by atoms with Crippen molar-refractivity contribution in [2.24, 2.45) is 5.73 Å². The van der Waals surface area contributed by atoms with Gasteiger partial charge in [0.15, 0.2) is 0 Å². The topological polar surface area (TPSA) is 64.4 Å². The molecular weight excluding hydrogens is 216 g/mol. The lowest BCUT2D eigenvalue weighted by atomic mass is 10.2. The maximum absolute atomic E-state index is 11.3. The van der Waals surface area contributed by atoms with E-state index in [2.05, 4.69) is 5.32 Å². The van der Waals surface area contributed by atoms with Gasteiger partial charge in [-0.05, 0) is 37.8 Å². The van der Waals surface area contributed by atoms with Crippen molar-refractivity contribution < 1.29 is 9.53 Å². The van der Waals surface area contributed by atoms with Crippen LogP contribution in [0.1, 0.15) is 25.7 Å². The lowest BCUT2D eigenvalue weighted by Crippen LogP contribution is -2.22. The molecule has 1 aromatic rings. The molecule has 1 aromatic carbocycles. The Hall–Kier alpha value is -1.55. The summed E-state index contributed by atoms with van der Waals surface area (Å²) in [5.74, 6) is 0.536. The van der Waals surface area contributed by atoms with Gasteiger partial charge in [0.1, 0.15) is 5.75 Å². The molecule has 1 amide bonds. The number of nitrogens with one attached hydrogen (secondary N) is 1. The fourth-order valence-electron chi connectivity index (χ4n) is 2.06. The van der Waals surface area contributed by atoms with Crippen molar-refractivity contribution in [1.82, 2.24) is 0 Å². The van der Waals surface area contributed by atoms with E-state index in [1.807, 2.05) is 24.3 Å². The summed E-state index contributed by atoms with van der Waals surface area (Å²) in [5, 5.41) is 2.75. The van der Waals surface area contributed by atoms with Crippen LogP contribution in [0.15, 0.2) is 24.3 Å². The molecule has 0 aliphatic heterocycles. The lowest BCUT2D eigenvalue weighted by molar-refractivity contribution is -0.114. The minimum absolute atomic E-state index is 0.0161. The van der Waals surface area contributed by atoms with Gasteiger partial charge < -0.3 is 15.8 Å². The van der Waals surface area contributed by atoms with Gasteiger partial charge in [0.25, 0.3) is 0 Å². The summed E-state index contributed by atoms with van der Waals surface area (Å²) in [7, 11) is 0. The highest BCUT2D eigenvalue weighted by molar-refractivity contribution is 5.93. The third-order valence-corrected chi connectivity index (χ3v) is 2.94. The number of para-hydroxylation sites is 2. The van der Waals surface area contributed by atoms with E-state index in [1.54, 1.807) is 0 Å². The monoisotopic (exact) mass is 234 g/mol. The molecule has 1 aliphatic carbocycles. The fraction of sp³-hybridized carbons (Fsp3) is 0.462. The Labute approximate surface area is 101 Å². The van der Waals surface area contributed by atoms with Gasteiger partial charge in [-0.15, -0.1) is 0 Å². The molecule has 0 heterocycles. The zero-order valence-electron chi connectivity index (χ0n) is 9.82. The molecule has 0 unspecified atom stereocenters. The molecule has 4 heteroatoms. The number of hydrogen-bond acceptors (Lipinski definition) is 3. The minimum atomic E-state index is -0.201. The first kappa shape index (κ1) is 11.9. The molecule has 17 heavy (non-hydrogen) atoms. The zero-order valence-corrected chi connectivity index (χ0v) is 9.82. The van der Waals surface area contributed by atoms with Crippen LogP contribution in [0.4, 0.5) is 5.69 Å². The van der Waals surface area contributed by atoms with Crippen LogP contribution in [0.3, 0.4) is 0 Å². The van der Waals surface area contributed by atoms with E-state index >= 15 is 0 Å². The first-order chi connectivity index (χ1) is 8.29. The standard InChI is InChI=1S/C13H18N2O2/c14-9-13(16)15-11-7-3-4-8-12(11)17-10-5-1-2-6-10/h3-4,7-8,10H,1-2,5-6,9,14H2,(H,15,16). The number of rotatable bonds is 4. The molecular formula is C13H18N2O2. The Kier molecular flexibility index (Phi) is 3.98. The van der Waals surface area contributed by atoms with Crippen molar-refractivity contribution in [2.45, 2.75) is 31.8 Å². The van der Waals surface area contributed by atoms with Crippen LogP contribution in [0.25, 0.3) is 0 Å². The summed E-state index contributed by atoms with van der Waals surface area (Å²) in [6.07, 6.45) is 4.92.